The van der Waals surface area contributed by atoms with Gasteiger partial charge in [-0.25, -0.2) is 0 Å². The minimum atomic E-state index is -0.686. The zero-order valence-electron chi connectivity index (χ0n) is 11.8. The molecule has 0 aliphatic heterocycles. The summed E-state index contributed by atoms with van der Waals surface area (Å²) >= 11 is 0. The van der Waals surface area contributed by atoms with E-state index in [-0.39, 0.29) is 12.3 Å². The summed E-state index contributed by atoms with van der Waals surface area (Å²) in [6, 6.07) is 3.52. The SMILES string of the molecule is Cc1cc(C)c(C(=O)NC(C)(C)CC(N)=O)cc1N. The van der Waals surface area contributed by atoms with Crippen molar-refractivity contribution in [2.75, 3.05) is 5.73 Å². The van der Waals surface area contributed by atoms with Crippen molar-refractivity contribution in [3.63, 3.8) is 0 Å². The molecular weight excluding hydrogens is 242 g/mol. The minimum Gasteiger partial charge on any atom is -0.398 e. The zero-order chi connectivity index (χ0) is 14.8. The fourth-order valence-electron chi connectivity index (χ4n) is 1.97. The lowest BCUT2D eigenvalue weighted by Gasteiger charge is -2.25. The summed E-state index contributed by atoms with van der Waals surface area (Å²) in [5.41, 5.74) is 13.2. The van der Waals surface area contributed by atoms with Crippen LogP contribution in [0.5, 0.6) is 0 Å². The summed E-state index contributed by atoms with van der Waals surface area (Å²) in [6.45, 7) is 7.24. The third-order valence-corrected chi connectivity index (χ3v) is 2.93. The highest BCUT2D eigenvalue weighted by atomic mass is 16.2. The topological polar surface area (TPSA) is 98.2 Å². The van der Waals surface area contributed by atoms with E-state index in [0.717, 1.165) is 11.1 Å². The van der Waals surface area contributed by atoms with E-state index in [1.165, 1.54) is 0 Å². The number of carbonyl (C=O) groups is 2. The van der Waals surface area contributed by atoms with Crippen LogP contribution < -0.4 is 16.8 Å². The summed E-state index contributed by atoms with van der Waals surface area (Å²) in [7, 11) is 0. The van der Waals surface area contributed by atoms with E-state index >= 15 is 0 Å². The van der Waals surface area contributed by atoms with Gasteiger partial charge in [0, 0.05) is 23.2 Å². The molecule has 0 atom stereocenters. The standard InChI is InChI=1S/C14H21N3O2/c1-8-5-9(2)11(15)6-10(8)13(19)17-14(3,4)7-12(16)18/h5-6H,7,15H2,1-4H3,(H2,16,18)(H,17,19). The van der Waals surface area contributed by atoms with Crippen molar-refractivity contribution < 1.29 is 9.59 Å². The second kappa shape index (κ2) is 5.30. The summed E-state index contributed by atoms with van der Waals surface area (Å²) in [6.07, 6.45) is 0.0825. The maximum absolute atomic E-state index is 12.2. The Morgan fingerprint density at radius 1 is 1.21 bits per heavy atom. The summed E-state index contributed by atoms with van der Waals surface area (Å²) < 4.78 is 0. The van der Waals surface area contributed by atoms with Gasteiger partial charge < -0.3 is 16.8 Å². The lowest BCUT2D eigenvalue weighted by molar-refractivity contribution is -0.119. The molecule has 0 aliphatic rings. The second-order valence-electron chi connectivity index (χ2n) is 5.50. The van der Waals surface area contributed by atoms with Crippen LogP contribution in [0.1, 0.15) is 41.8 Å². The quantitative estimate of drug-likeness (QED) is 0.713. The first-order valence-corrected chi connectivity index (χ1v) is 6.10. The van der Waals surface area contributed by atoms with Gasteiger partial charge in [0.05, 0.1) is 0 Å². The fourth-order valence-corrected chi connectivity index (χ4v) is 1.97. The lowest BCUT2D eigenvalue weighted by Crippen LogP contribution is -2.46. The third kappa shape index (κ3) is 3.98. The van der Waals surface area contributed by atoms with Crippen LogP contribution in [0.2, 0.25) is 0 Å². The fraction of sp³-hybridized carbons (Fsp3) is 0.429. The predicted octanol–water partition coefficient (Wildman–Crippen LogP) is 1.27. The van der Waals surface area contributed by atoms with Gasteiger partial charge in [0.2, 0.25) is 5.91 Å². The van der Waals surface area contributed by atoms with Gasteiger partial charge in [-0.05, 0) is 44.9 Å². The number of nitrogens with one attached hydrogen (secondary N) is 1. The van der Waals surface area contributed by atoms with E-state index in [2.05, 4.69) is 5.32 Å². The van der Waals surface area contributed by atoms with Crippen LogP contribution in [0.25, 0.3) is 0 Å². The second-order valence-corrected chi connectivity index (χ2v) is 5.50. The Hall–Kier alpha value is -2.04. The molecule has 0 fully saturated rings. The molecule has 104 valence electrons. The Bertz CT molecular complexity index is 522. The molecule has 1 aromatic carbocycles. The maximum Gasteiger partial charge on any atom is 0.252 e. The van der Waals surface area contributed by atoms with Crippen molar-refractivity contribution >= 4 is 17.5 Å². The van der Waals surface area contributed by atoms with E-state index in [0.29, 0.717) is 11.3 Å². The first-order valence-electron chi connectivity index (χ1n) is 6.10. The summed E-state index contributed by atoms with van der Waals surface area (Å²) in [4.78, 5) is 23.2. The molecule has 0 aromatic heterocycles. The van der Waals surface area contributed by atoms with Gasteiger partial charge in [-0.2, -0.15) is 0 Å². The molecule has 5 nitrogen and oxygen atoms in total. The smallest absolute Gasteiger partial charge is 0.252 e. The Morgan fingerprint density at radius 2 is 1.79 bits per heavy atom. The van der Waals surface area contributed by atoms with E-state index in [4.69, 9.17) is 11.5 Å². The van der Waals surface area contributed by atoms with Crippen molar-refractivity contribution in [3.8, 4) is 0 Å². The van der Waals surface area contributed by atoms with Crippen molar-refractivity contribution in [3.05, 3.63) is 28.8 Å². The average Bonchev–Trinajstić information content (AvgIpc) is 2.20. The minimum absolute atomic E-state index is 0.0825. The van der Waals surface area contributed by atoms with Gasteiger partial charge >= 0.3 is 0 Å². The predicted molar refractivity (Wildman–Crippen MR) is 75.7 cm³/mol. The van der Waals surface area contributed by atoms with Crippen molar-refractivity contribution in [1.82, 2.24) is 5.32 Å². The van der Waals surface area contributed by atoms with Gasteiger partial charge in [-0.15, -0.1) is 0 Å². The largest absolute Gasteiger partial charge is 0.398 e. The van der Waals surface area contributed by atoms with Crippen LogP contribution in [0, 0.1) is 13.8 Å². The van der Waals surface area contributed by atoms with Gasteiger partial charge in [-0.1, -0.05) is 6.07 Å². The highest BCUT2D eigenvalue weighted by molar-refractivity contribution is 5.97. The molecule has 0 bridgehead atoms. The summed E-state index contributed by atoms with van der Waals surface area (Å²) in [5, 5.41) is 2.80. The molecule has 1 rings (SSSR count). The number of nitrogens with two attached hydrogens (primary N) is 2. The molecule has 19 heavy (non-hydrogen) atoms. The number of hydrogen-bond acceptors (Lipinski definition) is 3. The molecule has 5 N–H and O–H groups in total. The molecule has 0 spiro atoms. The first-order chi connectivity index (χ1) is 8.62. The van der Waals surface area contributed by atoms with E-state index in [1.807, 2.05) is 19.9 Å². The molecule has 1 aromatic rings. The number of nitrogen functional groups attached to an aromatic ring is 1. The molecule has 2 amide bonds. The van der Waals surface area contributed by atoms with Crippen LogP contribution in [0.15, 0.2) is 12.1 Å². The number of amides is 2. The van der Waals surface area contributed by atoms with E-state index < -0.39 is 11.4 Å². The van der Waals surface area contributed by atoms with Gasteiger partial charge in [0.1, 0.15) is 0 Å². The molecule has 0 unspecified atom stereocenters. The monoisotopic (exact) mass is 263 g/mol. The van der Waals surface area contributed by atoms with Crippen molar-refractivity contribution in [1.29, 1.82) is 0 Å². The number of benzene rings is 1. The third-order valence-electron chi connectivity index (χ3n) is 2.93. The van der Waals surface area contributed by atoms with Crippen LogP contribution in [0.4, 0.5) is 5.69 Å². The summed E-state index contributed by atoms with van der Waals surface area (Å²) in [5.74, 6) is -0.708. The van der Waals surface area contributed by atoms with Crippen LogP contribution in [-0.4, -0.2) is 17.4 Å². The van der Waals surface area contributed by atoms with Gasteiger partial charge in [0.15, 0.2) is 0 Å². The van der Waals surface area contributed by atoms with Crippen LogP contribution >= 0.6 is 0 Å². The first kappa shape index (κ1) is 15.0. The normalized spacial score (nSPS) is 11.2. The molecule has 0 saturated carbocycles. The molecule has 0 saturated heterocycles. The number of carbonyl (C=O) groups excluding carboxylic acids is 2. The molecule has 0 aliphatic carbocycles. The van der Waals surface area contributed by atoms with Crippen molar-refractivity contribution in [2.45, 2.75) is 39.7 Å². The number of hydrogen-bond donors (Lipinski definition) is 3. The highest BCUT2D eigenvalue weighted by Crippen LogP contribution is 2.19. The number of rotatable bonds is 4. The van der Waals surface area contributed by atoms with Gasteiger partial charge in [0.25, 0.3) is 5.91 Å². The highest BCUT2D eigenvalue weighted by Gasteiger charge is 2.24. The zero-order valence-corrected chi connectivity index (χ0v) is 11.8. The van der Waals surface area contributed by atoms with Crippen LogP contribution in [-0.2, 0) is 4.79 Å². The molecule has 5 heteroatoms. The van der Waals surface area contributed by atoms with Crippen molar-refractivity contribution in [2.24, 2.45) is 5.73 Å². The molecule has 0 radical (unpaired) electrons. The number of primary amides is 1. The van der Waals surface area contributed by atoms with Crippen LogP contribution in [0.3, 0.4) is 0 Å². The maximum atomic E-state index is 12.2. The van der Waals surface area contributed by atoms with E-state index in [1.54, 1.807) is 19.9 Å². The Kier molecular flexibility index (Phi) is 4.19. The Balaban J connectivity index is 2.96. The number of anilines is 1. The molecular formula is C14H21N3O2. The Labute approximate surface area is 113 Å². The average molecular weight is 263 g/mol. The van der Waals surface area contributed by atoms with Gasteiger partial charge in [-0.3, -0.25) is 9.59 Å². The lowest BCUT2D eigenvalue weighted by atomic mass is 9.98. The molecule has 0 heterocycles. The Morgan fingerprint density at radius 3 is 2.32 bits per heavy atom. The number of aryl methyl sites for hydroxylation is 2. The van der Waals surface area contributed by atoms with E-state index in [9.17, 15) is 9.59 Å².